The Morgan fingerprint density at radius 1 is 1.00 bits per heavy atom. The summed E-state index contributed by atoms with van der Waals surface area (Å²) in [7, 11) is 1.62. The molecule has 3 aromatic carbocycles. The zero-order valence-electron chi connectivity index (χ0n) is 18.4. The maximum atomic E-state index is 13.3. The van der Waals surface area contributed by atoms with Crippen LogP contribution in [0.2, 0.25) is 0 Å². The molecule has 0 aromatic heterocycles. The SMILES string of the molecule is CCNC(=O)[C@@H](C)N(Cc1ccc(OC)cc1)C(=O)CCc1cccc2ccccc12. The lowest BCUT2D eigenvalue weighted by molar-refractivity contribution is -0.140. The van der Waals surface area contributed by atoms with Gasteiger partial charge in [0.15, 0.2) is 0 Å². The van der Waals surface area contributed by atoms with Crippen LogP contribution in [0, 0.1) is 0 Å². The Bertz CT molecular complexity index is 1030. The fraction of sp³-hybridized carbons (Fsp3) is 0.308. The van der Waals surface area contributed by atoms with Crippen LogP contribution in [0.5, 0.6) is 5.75 Å². The topological polar surface area (TPSA) is 58.6 Å². The van der Waals surface area contributed by atoms with Gasteiger partial charge in [-0.2, -0.15) is 0 Å². The second-order valence-corrected chi connectivity index (χ2v) is 7.58. The molecule has 0 aliphatic rings. The van der Waals surface area contributed by atoms with Crippen LogP contribution >= 0.6 is 0 Å². The highest BCUT2D eigenvalue weighted by molar-refractivity contribution is 5.88. The van der Waals surface area contributed by atoms with Crippen molar-refractivity contribution in [2.24, 2.45) is 0 Å². The molecular formula is C26H30N2O3. The minimum Gasteiger partial charge on any atom is -0.497 e. The van der Waals surface area contributed by atoms with Crippen molar-refractivity contribution in [3.8, 4) is 5.75 Å². The van der Waals surface area contributed by atoms with Crippen LogP contribution in [0.3, 0.4) is 0 Å². The van der Waals surface area contributed by atoms with Crippen molar-refractivity contribution >= 4 is 22.6 Å². The summed E-state index contributed by atoms with van der Waals surface area (Å²) in [5, 5.41) is 5.16. The Kier molecular flexibility index (Phi) is 7.65. The van der Waals surface area contributed by atoms with Crippen LogP contribution in [0.15, 0.2) is 66.7 Å². The summed E-state index contributed by atoms with van der Waals surface area (Å²) in [4.78, 5) is 27.4. The number of nitrogens with zero attached hydrogens (tertiary/aromatic N) is 1. The average Bonchev–Trinajstić information content (AvgIpc) is 2.81. The summed E-state index contributed by atoms with van der Waals surface area (Å²) in [6.45, 7) is 4.56. The lowest BCUT2D eigenvalue weighted by atomic mass is 10.0. The normalized spacial score (nSPS) is 11.7. The van der Waals surface area contributed by atoms with Gasteiger partial charge in [0.25, 0.3) is 0 Å². The molecule has 0 fully saturated rings. The smallest absolute Gasteiger partial charge is 0.242 e. The van der Waals surface area contributed by atoms with E-state index in [1.54, 1.807) is 18.9 Å². The predicted octanol–water partition coefficient (Wildman–Crippen LogP) is 4.33. The molecule has 0 aliphatic carbocycles. The number of likely N-dealkylation sites (N-methyl/N-ethyl adjacent to an activating group) is 1. The Labute approximate surface area is 184 Å². The first kappa shape index (κ1) is 22.3. The van der Waals surface area contributed by atoms with Gasteiger partial charge in [0, 0.05) is 19.5 Å². The van der Waals surface area contributed by atoms with E-state index in [-0.39, 0.29) is 11.8 Å². The largest absolute Gasteiger partial charge is 0.497 e. The van der Waals surface area contributed by atoms with Crippen molar-refractivity contribution in [1.29, 1.82) is 0 Å². The molecule has 0 saturated carbocycles. The van der Waals surface area contributed by atoms with Crippen molar-refractivity contribution in [3.63, 3.8) is 0 Å². The second-order valence-electron chi connectivity index (χ2n) is 7.58. The Morgan fingerprint density at radius 3 is 2.42 bits per heavy atom. The van der Waals surface area contributed by atoms with Gasteiger partial charge in [-0.05, 0) is 54.3 Å². The number of methoxy groups -OCH3 is 1. The van der Waals surface area contributed by atoms with Crippen LogP contribution in [0.4, 0.5) is 0 Å². The Morgan fingerprint density at radius 2 is 1.71 bits per heavy atom. The van der Waals surface area contributed by atoms with Crippen LogP contribution < -0.4 is 10.1 Å². The number of ether oxygens (including phenoxy) is 1. The first-order valence-corrected chi connectivity index (χ1v) is 10.7. The first-order chi connectivity index (χ1) is 15.0. The number of carbonyl (C=O) groups is 2. The van der Waals surface area contributed by atoms with Crippen LogP contribution in [-0.4, -0.2) is 36.4 Å². The van der Waals surface area contributed by atoms with Crippen LogP contribution in [0.1, 0.15) is 31.4 Å². The summed E-state index contributed by atoms with van der Waals surface area (Å²) in [6, 6.07) is 21.4. The molecule has 5 nitrogen and oxygen atoms in total. The molecule has 2 amide bonds. The van der Waals surface area contributed by atoms with Gasteiger partial charge >= 0.3 is 0 Å². The quantitative estimate of drug-likeness (QED) is 0.563. The molecule has 0 spiro atoms. The van der Waals surface area contributed by atoms with Gasteiger partial charge in [-0.15, -0.1) is 0 Å². The molecule has 5 heteroatoms. The lowest BCUT2D eigenvalue weighted by Gasteiger charge is -2.29. The second kappa shape index (κ2) is 10.6. The molecule has 1 atom stereocenters. The van der Waals surface area contributed by atoms with Crippen molar-refractivity contribution < 1.29 is 14.3 Å². The number of fused-ring (bicyclic) bond motifs is 1. The van der Waals surface area contributed by atoms with E-state index in [1.165, 1.54) is 5.39 Å². The van der Waals surface area contributed by atoms with Gasteiger partial charge in [0.05, 0.1) is 7.11 Å². The molecule has 0 saturated heterocycles. The first-order valence-electron chi connectivity index (χ1n) is 10.7. The fourth-order valence-electron chi connectivity index (χ4n) is 3.73. The molecule has 0 bridgehead atoms. The Hall–Kier alpha value is -3.34. The highest BCUT2D eigenvalue weighted by Gasteiger charge is 2.25. The maximum Gasteiger partial charge on any atom is 0.242 e. The predicted molar refractivity (Wildman–Crippen MR) is 124 cm³/mol. The number of nitrogens with one attached hydrogen (secondary N) is 1. The fourth-order valence-corrected chi connectivity index (χ4v) is 3.73. The van der Waals surface area contributed by atoms with Crippen molar-refractivity contribution in [3.05, 3.63) is 77.9 Å². The molecular weight excluding hydrogens is 388 g/mol. The third-order valence-corrected chi connectivity index (χ3v) is 5.52. The third-order valence-electron chi connectivity index (χ3n) is 5.52. The van der Waals surface area contributed by atoms with E-state index in [0.29, 0.717) is 25.9 Å². The molecule has 0 heterocycles. The van der Waals surface area contributed by atoms with Crippen molar-refractivity contribution in [1.82, 2.24) is 10.2 Å². The van der Waals surface area contributed by atoms with E-state index in [4.69, 9.17) is 4.74 Å². The number of benzene rings is 3. The van der Waals surface area contributed by atoms with Crippen LogP contribution in [0.25, 0.3) is 10.8 Å². The zero-order chi connectivity index (χ0) is 22.2. The van der Waals surface area contributed by atoms with Crippen molar-refractivity contribution in [2.45, 2.75) is 39.3 Å². The molecule has 3 rings (SSSR count). The molecule has 1 N–H and O–H groups in total. The highest BCUT2D eigenvalue weighted by Crippen LogP contribution is 2.21. The molecule has 31 heavy (non-hydrogen) atoms. The van der Waals surface area contributed by atoms with Gasteiger partial charge < -0.3 is 15.0 Å². The van der Waals surface area contributed by atoms with E-state index in [9.17, 15) is 9.59 Å². The van der Waals surface area contributed by atoms with Crippen LogP contribution in [-0.2, 0) is 22.6 Å². The van der Waals surface area contributed by atoms with Gasteiger partial charge in [0.2, 0.25) is 11.8 Å². The van der Waals surface area contributed by atoms with E-state index in [0.717, 1.165) is 22.3 Å². The van der Waals surface area contributed by atoms with Gasteiger partial charge in [0.1, 0.15) is 11.8 Å². The standard InChI is InChI=1S/C26H30N2O3/c1-4-27-26(30)19(2)28(18-20-12-15-23(31-3)16-13-20)25(29)17-14-22-10-7-9-21-8-5-6-11-24(21)22/h5-13,15-16,19H,4,14,17-18H2,1-3H3,(H,27,30)/t19-/m1/s1. The number of aryl methyl sites for hydroxylation is 1. The van der Waals surface area contributed by atoms with Gasteiger partial charge in [-0.3, -0.25) is 9.59 Å². The maximum absolute atomic E-state index is 13.3. The summed E-state index contributed by atoms with van der Waals surface area (Å²) in [6.07, 6.45) is 0.968. The monoisotopic (exact) mass is 418 g/mol. The molecule has 0 aliphatic heterocycles. The summed E-state index contributed by atoms with van der Waals surface area (Å²) in [5.41, 5.74) is 2.09. The molecule has 3 aromatic rings. The summed E-state index contributed by atoms with van der Waals surface area (Å²) >= 11 is 0. The number of carbonyl (C=O) groups excluding carboxylic acids is 2. The van der Waals surface area contributed by atoms with E-state index in [1.807, 2.05) is 49.4 Å². The van der Waals surface area contributed by atoms with Gasteiger partial charge in [-0.1, -0.05) is 54.6 Å². The van der Waals surface area contributed by atoms with Crippen molar-refractivity contribution in [2.75, 3.05) is 13.7 Å². The van der Waals surface area contributed by atoms with E-state index >= 15 is 0 Å². The zero-order valence-corrected chi connectivity index (χ0v) is 18.4. The number of amides is 2. The molecule has 0 unspecified atom stereocenters. The summed E-state index contributed by atoms with van der Waals surface area (Å²) in [5.74, 6) is 0.575. The lowest BCUT2D eigenvalue weighted by Crippen LogP contribution is -2.47. The number of hydrogen-bond donors (Lipinski definition) is 1. The molecule has 162 valence electrons. The minimum atomic E-state index is -0.554. The van der Waals surface area contributed by atoms with E-state index < -0.39 is 6.04 Å². The number of rotatable bonds is 9. The number of hydrogen-bond acceptors (Lipinski definition) is 3. The third kappa shape index (κ3) is 5.63. The Balaban J connectivity index is 1.78. The summed E-state index contributed by atoms with van der Waals surface area (Å²) < 4.78 is 5.22. The highest BCUT2D eigenvalue weighted by atomic mass is 16.5. The molecule has 0 radical (unpaired) electrons. The van der Waals surface area contributed by atoms with E-state index in [2.05, 4.69) is 29.6 Å². The average molecular weight is 419 g/mol. The van der Waals surface area contributed by atoms with Gasteiger partial charge in [-0.25, -0.2) is 0 Å². The minimum absolute atomic E-state index is 0.0393.